The third-order valence-electron chi connectivity index (χ3n) is 5.91. The number of para-hydroxylation sites is 1. The highest BCUT2D eigenvalue weighted by molar-refractivity contribution is 6.30. The topological polar surface area (TPSA) is 62.3 Å². The van der Waals surface area contributed by atoms with Crippen LogP contribution in [-0.4, -0.2) is 75.2 Å². The standard InChI is InChI=1S/C26H34ClN3O4/c1-33-19-25(31)29-15-5-13-28(17-21-9-11-23(27)12-10-21)14-6-16-30(26(32)20-34-2)24-8-4-3-7-22(24)18-29/h3-4,7-12H,5-6,13-20H2,1-2H3. The number of rotatable bonds is 6. The van der Waals surface area contributed by atoms with E-state index >= 15 is 0 Å². The molecule has 1 heterocycles. The van der Waals surface area contributed by atoms with E-state index in [4.69, 9.17) is 21.1 Å². The fourth-order valence-electron chi connectivity index (χ4n) is 4.26. The number of ether oxygens (including phenoxy) is 2. The van der Waals surface area contributed by atoms with E-state index in [1.165, 1.54) is 19.8 Å². The predicted octanol–water partition coefficient (Wildman–Crippen LogP) is 3.59. The van der Waals surface area contributed by atoms with Crippen molar-refractivity contribution in [2.45, 2.75) is 25.9 Å². The molecule has 1 aliphatic rings. The second kappa shape index (κ2) is 13.4. The summed E-state index contributed by atoms with van der Waals surface area (Å²) in [5.41, 5.74) is 2.95. The number of benzene rings is 2. The van der Waals surface area contributed by atoms with Gasteiger partial charge in [-0.2, -0.15) is 0 Å². The first-order valence-corrected chi connectivity index (χ1v) is 12.0. The van der Waals surface area contributed by atoms with Crippen LogP contribution in [-0.2, 0) is 32.2 Å². The number of amides is 2. The third kappa shape index (κ3) is 7.53. The van der Waals surface area contributed by atoms with E-state index in [-0.39, 0.29) is 25.0 Å². The first-order chi connectivity index (χ1) is 16.5. The molecule has 0 aliphatic carbocycles. The highest BCUT2D eigenvalue weighted by Gasteiger charge is 2.22. The van der Waals surface area contributed by atoms with E-state index in [0.717, 1.165) is 48.7 Å². The van der Waals surface area contributed by atoms with Gasteiger partial charge in [-0.25, -0.2) is 0 Å². The minimum atomic E-state index is -0.0916. The highest BCUT2D eigenvalue weighted by Crippen LogP contribution is 2.24. The lowest BCUT2D eigenvalue weighted by Gasteiger charge is -2.31. The largest absolute Gasteiger partial charge is 0.375 e. The van der Waals surface area contributed by atoms with Crippen molar-refractivity contribution < 1.29 is 19.1 Å². The molecule has 0 radical (unpaired) electrons. The van der Waals surface area contributed by atoms with Crippen molar-refractivity contribution in [2.75, 3.05) is 58.5 Å². The van der Waals surface area contributed by atoms with E-state index in [0.29, 0.717) is 19.6 Å². The molecular weight excluding hydrogens is 454 g/mol. The molecule has 1 aliphatic heterocycles. The molecule has 2 aromatic carbocycles. The van der Waals surface area contributed by atoms with Crippen molar-refractivity contribution in [1.29, 1.82) is 0 Å². The Morgan fingerprint density at radius 2 is 1.50 bits per heavy atom. The smallest absolute Gasteiger partial charge is 0.252 e. The number of carbonyl (C=O) groups is 2. The van der Waals surface area contributed by atoms with Gasteiger partial charge in [-0.05, 0) is 42.2 Å². The molecule has 2 amide bonds. The van der Waals surface area contributed by atoms with Gasteiger partial charge in [0.2, 0.25) is 5.91 Å². The second-order valence-electron chi connectivity index (χ2n) is 8.47. The van der Waals surface area contributed by atoms with Crippen LogP contribution >= 0.6 is 11.6 Å². The van der Waals surface area contributed by atoms with Gasteiger partial charge < -0.3 is 19.3 Å². The molecule has 2 aromatic rings. The maximum absolute atomic E-state index is 13.0. The van der Waals surface area contributed by atoms with Crippen LogP contribution in [0, 0.1) is 0 Å². The minimum Gasteiger partial charge on any atom is -0.375 e. The van der Waals surface area contributed by atoms with Crippen LogP contribution in [0.25, 0.3) is 0 Å². The molecule has 8 heteroatoms. The Hall–Kier alpha value is -2.45. The predicted molar refractivity (Wildman–Crippen MR) is 134 cm³/mol. The Balaban J connectivity index is 1.87. The van der Waals surface area contributed by atoms with Crippen LogP contribution in [0.5, 0.6) is 0 Å². The van der Waals surface area contributed by atoms with Crippen LogP contribution in [0.1, 0.15) is 24.0 Å². The molecular formula is C26H34ClN3O4. The lowest BCUT2D eigenvalue weighted by atomic mass is 10.1. The molecule has 0 saturated carbocycles. The van der Waals surface area contributed by atoms with Gasteiger partial charge in [-0.15, -0.1) is 0 Å². The van der Waals surface area contributed by atoms with Crippen molar-refractivity contribution in [3.05, 3.63) is 64.7 Å². The van der Waals surface area contributed by atoms with Crippen LogP contribution in [0.15, 0.2) is 48.5 Å². The summed E-state index contributed by atoms with van der Waals surface area (Å²) in [6.07, 6.45) is 1.67. The first kappa shape index (κ1) is 26.2. The summed E-state index contributed by atoms with van der Waals surface area (Å²) < 4.78 is 10.3. The fraction of sp³-hybridized carbons (Fsp3) is 0.462. The molecule has 0 saturated heterocycles. The molecule has 0 fully saturated rings. The zero-order valence-electron chi connectivity index (χ0n) is 20.0. The molecule has 0 atom stereocenters. The summed E-state index contributed by atoms with van der Waals surface area (Å²) in [7, 11) is 3.06. The van der Waals surface area contributed by atoms with Crippen molar-refractivity contribution in [3.8, 4) is 0 Å². The van der Waals surface area contributed by atoms with E-state index in [1.807, 2.05) is 53.4 Å². The molecule has 0 spiro atoms. The van der Waals surface area contributed by atoms with Crippen molar-refractivity contribution in [2.24, 2.45) is 0 Å². The lowest BCUT2D eigenvalue weighted by Crippen LogP contribution is -2.40. The van der Waals surface area contributed by atoms with Crippen molar-refractivity contribution in [1.82, 2.24) is 9.80 Å². The highest BCUT2D eigenvalue weighted by atomic mass is 35.5. The number of nitrogens with zero attached hydrogens (tertiary/aromatic N) is 3. The van der Waals surface area contributed by atoms with Gasteiger partial charge in [0.25, 0.3) is 5.91 Å². The summed E-state index contributed by atoms with van der Waals surface area (Å²) in [6.45, 7) is 4.10. The van der Waals surface area contributed by atoms with Gasteiger partial charge in [-0.3, -0.25) is 14.5 Å². The number of anilines is 1. The summed E-state index contributed by atoms with van der Waals surface area (Å²) in [6, 6.07) is 15.7. The zero-order chi connectivity index (χ0) is 24.3. The Bertz CT molecular complexity index is 938. The van der Waals surface area contributed by atoms with E-state index < -0.39 is 0 Å². The Labute approximate surface area is 207 Å². The van der Waals surface area contributed by atoms with Crippen LogP contribution in [0.3, 0.4) is 0 Å². The van der Waals surface area contributed by atoms with E-state index in [9.17, 15) is 9.59 Å². The number of methoxy groups -OCH3 is 2. The van der Waals surface area contributed by atoms with Gasteiger partial charge in [0.15, 0.2) is 0 Å². The first-order valence-electron chi connectivity index (χ1n) is 11.6. The molecule has 184 valence electrons. The number of hydrogen-bond acceptors (Lipinski definition) is 5. The van der Waals surface area contributed by atoms with E-state index in [2.05, 4.69) is 4.90 Å². The second-order valence-corrected chi connectivity index (χ2v) is 8.90. The van der Waals surface area contributed by atoms with Crippen LogP contribution in [0.4, 0.5) is 5.69 Å². The third-order valence-corrected chi connectivity index (χ3v) is 6.16. The quantitative estimate of drug-likeness (QED) is 0.623. The Morgan fingerprint density at radius 3 is 2.21 bits per heavy atom. The summed E-state index contributed by atoms with van der Waals surface area (Å²) in [4.78, 5) is 31.8. The summed E-state index contributed by atoms with van der Waals surface area (Å²) >= 11 is 6.05. The Morgan fingerprint density at radius 1 is 0.853 bits per heavy atom. The number of halogens is 1. The summed E-state index contributed by atoms with van der Waals surface area (Å²) in [5, 5.41) is 0.718. The molecule has 0 N–H and O–H groups in total. The molecule has 3 rings (SSSR count). The molecule has 0 unspecified atom stereocenters. The van der Waals surface area contributed by atoms with Crippen LogP contribution < -0.4 is 4.90 Å². The summed E-state index contributed by atoms with van der Waals surface area (Å²) in [5.74, 6) is -0.153. The normalized spacial score (nSPS) is 15.9. The van der Waals surface area contributed by atoms with Gasteiger partial charge >= 0.3 is 0 Å². The van der Waals surface area contributed by atoms with Crippen molar-refractivity contribution >= 4 is 29.1 Å². The van der Waals surface area contributed by atoms with Crippen LogP contribution in [0.2, 0.25) is 5.02 Å². The average Bonchev–Trinajstić information content (AvgIpc) is 2.82. The maximum atomic E-state index is 13.0. The number of carbonyl (C=O) groups excluding carboxylic acids is 2. The minimum absolute atomic E-state index is 0.00907. The molecule has 0 aromatic heterocycles. The van der Waals surface area contributed by atoms with Gasteiger partial charge in [-0.1, -0.05) is 41.9 Å². The van der Waals surface area contributed by atoms with Gasteiger partial charge in [0.05, 0.1) is 0 Å². The van der Waals surface area contributed by atoms with Gasteiger partial charge in [0, 0.05) is 64.2 Å². The molecule has 0 bridgehead atoms. The molecule has 7 nitrogen and oxygen atoms in total. The Kier molecular flexibility index (Phi) is 10.3. The molecule has 34 heavy (non-hydrogen) atoms. The number of fused-ring (bicyclic) bond motifs is 1. The van der Waals surface area contributed by atoms with Gasteiger partial charge in [0.1, 0.15) is 13.2 Å². The maximum Gasteiger partial charge on any atom is 0.252 e. The average molecular weight is 488 g/mol. The van der Waals surface area contributed by atoms with E-state index in [1.54, 1.807) is 4.90 Å². The fourth-order valence-corrected chi connectivity index (χ4v) is 4.38. The monoisotopic (exact) mass is 487 g/mol. The SMILES string of the molecule is COCC(=O)N1CCCN(Cc2ccc(Cl)cc2)CCCN(C(=O)COC)c2ccccc2C1. The number of hydrogen-bond donors (Lipinski definition) is 0. The lowest BCUT2D eigenvalue weighted by molar-refractivity contribution is -0.135. The van der Waals surface area contributed by atoms with Crippen molar-refractivity contribution in [3.63, 3.8) is 0 Å². The zero-order valence-corrected chi connectivity index (χ0v) is 20.8.